The van der Waals surface area contributed by atoms with Gasteiger partial charge in [0.1, 0.15) is 5.75 Å². The van der Waals surface area contributed by atoms with Crippen LogP contribution in [0, 0.1) is 5.92 Å². The summed E-state index contributed by atoms with van der Waals surface area (Å²) in [6.45, 7) is 1.92. The van der Waals surface area contributed by atoms with Crippen molar-refractivity contribution in [2.75, 3.05) is 12.4 Å². The zero-order valence-corrected chi connectivity index (χ0v) is 17.6. The fourth-order valence-corrected chi connectivity index (χ4v) is 4.19. The molecule has 0 aliphatic heterocycles. The van der Waals surface area contributed by atoms with Crippen molar-refractivity contribution in [2.24, 2.45) is 13.0 Å². The Morgan fingerprint density at radius 3 is 2.52 bits per heavy atom. The highest BCUT2D eigenvalue weighted by Crippen LogP contribution is 2.40. The van der Waals surface area contributed by atoms with Gasteiger partial charge in [0.25, 0.3) is 5.56 Å². The van der Waals surface area contributed by atoms with Crippen LogP contribution >= 0.6 is 0 Å². The number of sulfone groups is 1. The molecule has 1 aromatic carbocycles. The molecule has 1 aliphatic rings. The predicted molar refractivity (Wildman–Crippen MR) is 108 cm³/mol. The first-order chi connectivity index (χ1) is 14.5. The van der Waals surface area contributed by atoms with E-state index in [4.69, 9.17) is 9.15 Å². The lowest BCUT2D eigenvalue weighted by atomic mass is 10.0. The third-order valence-corrected chi connectivity index (χ3v) is 7.02. The highest BCUT2D eigenvalue weighted by molar-refractivity contribution is 7.91. The summed E-state index contributed by atoms with van der Waals surface area (Å²) in [6.07, 6.45) is -1.36. The number of aromatic nitrogens is 1. The minimum Gasteiger partial charge on any atom is -0.493 e. The molecule has 1 aliphatic carbocycles. The van der Waals surface area contributed by atoms with Gasteiger partial charge < -0.3 is 13.7 Å². The highest BCUT2D eigenvalue weighted by Gasteiger charge is 2.36. The van der Waals surface area contributed by atoms with Crippen LogP contribution < -0.4 is 10.3 Å². The van der Waals surface area contributed by atoms with Crippen molar-refractivity contribution < 1.29 is 30.7 Å². The number of hydrogen-bond acceptors (Lipinski definition) is 5. The lowest BCUT2D eigenvalue weighted by molar-refractivity contribution is -0.152. The van der Waals surface area contributed by atoms with E-state index in [1.54, 1.807) is 0 Å². The minimum absolute atomic E-state index is 0.0188. The van der Waals surface area contributed by atoms with Crippen molar-refractivity contribution in [1.29, 1.82) is 0 Å². The third kappa shape index (κ3) is 4.08. The lowest BCUT2D eigenvalue weighted by Gasteiger charge is -2.15. The van der Waals surface area contributed by atoms with Crippen LogP contribution in [0.2, 0.25) is 0 Å². The van der Waals surface area contributed by atoms with E-state index in [1.807, 2.05) is 0 Å². The molecule has 166 valence electrons. The molecule has 0 N–H and O–H groups in total. The SMILES string of the molecule is CCS(=O)(=O)c1ccc(OCC2CC2)c(-c2cn(C)c(=O)c3oc(C(F)(F)F)cc23)c1. The number of alkyl halides is 3. The van der Waals surface area contributed by atoms with Crippen LogP contribution in [-0.2, 0) is 23.1 Å². The van der Waals surface area contributed by atoms with Crippen LogP contribution in [0.1, 0.15) is 25.5 Å². The Morgan fingerprint density at radius 2 is 1.90 bits per heavy atom. The minimum atomic E-state index is -4.78. The van der Waals surface area contributed by atoms with E-state index < -0.39 is 32.9 Å². The van der Waals surface area contributed by atoms with Gasteiger partial charge in [-0.3, -0.25) is 4.79 Å². The zero-order chi connectivity index (χ0) is 22.6. The van der Waals surface area contributed by atoms with Crippen LogP contribution in [-0.4, -0.2) is 25.3 Å². The smallest absolute Gasteiger partial charge is 0.449 e. The van der Waals surface area contributed by atoms with Gasteiger partial charge in [-0.2, -0.15) is 13.2 Å². The van der Waals surface area contributed by atoms with Crippen LogP contribution in [0.5, 0.6) is 5.75 Å². The van der Waals surface area contributed by atoms with E-state index >= 15 is 0 Å². The molecule has 6 nitrogen and oxygen atoms in total. The van der Waals surface area contributed by atoms with Gasteiger partial charge in [-0.05, 0) is 43.0 Å². The number of aryl methyl sites for hydroxylation is 1. The van der Waals surface area contributed by atoms with E-state index in [2.05, 4.69) is 0 Å². The standard InChI is InChI=1S/C21H20F3NO5S/c1-3-31(27,28)13-6-7-17(29-11-12-4-5-12)14(8-13)16-10-25(2)20(26)19-15(16)9-18(30-19)21(22,23)24/h6-10,12H,3-5,11H2,1-2H3. The molecule has 0 radical (unpaired) electrons. The molecule has 31 heavy (non-hydrogen) atoms. The Balaban J connectivity index is 1.98. The Labute approximate surface area is 176 Å². The molecule has 2 aromatic heterocycles. The second kappa shape index (κ2) is 7.44. The Morgan fingerprint density at radius 1 is 1.19 bits per heavy atom. The number of halogens is 3. The number of rotatable bonds is 6. The van der Waals surface area contributed by atoms with Crippen LogP contribution in [0.3, 0.4) is 0 Å². The number of ether oxygens (including phenoxy) is 1. The fraction of sp³-hybridized carbons (Fsp3) is 0.381. The van der Waals surface area contributed by atoms with Crippen molar-refractivity contribution in [3.8, 4) is 16.9 Å². The second-order valence-electron chi connectivity index (χ2n) is 7.63. The second-order valence-corrected chi connectivity index (χ2v) is 9.90. The van der Waals surface area contributed by atoms with Gasteiger partial charge in [-0.1, -0.05) is 6.92 Å². The summed E-state index contributed by atoms with van der Waals surface area (Å²) in [7, 11) is -2.19. The summed E-state index contributed by atoms with van der Waals surface area (Å²) in [5.74, 6) is -0.708. The van der Waals surface area contributed by atoms with Crippen LogP contribution in [0.25, 0.3) is 22.1 Å². The van der Waals surface area contributed by atoms with E-state index in [0.717, 1.165) is 23.5 Å². The molecule has 4 rings (SSSR count). The first-order valence-corrected chi connectivity index (χ1v) is 11.4. The molecular weight excluding hydrogens is 435 g/mol. The van der Waals surface area contributed by atoms with Crippen molar-refractivity contribution in [3.05, 3.63) is 46.6 Å². The monoisotopic (exact) mass is 455 g/mol. The highest BCUT2D eigenvalue weighted by atomic mass is 32.2. The molecule has 1 fully saturated rings. The Hall–Kier alpha value is -2.75. The van der Waals surface area contributed by atoms with Crippen molar-refractivity contribution in [2.45, 2.75) is 30.8 Å². The number of hydrogen-bond donors (Lipinski definition) is 0. The summed E-state index contributed by atoms with van der Waals surface area (Å²) in [5.41, 5.74) is -0.683. The number of pyridine rings is 1. The Kier molecular flexibility index (Phi) is 5.15. The zero-order valence-electron chi connectivity index (χ0n) is 16.8. The quantitative estimate of drug-likeness (QED) is 0.551. The third-order valence-electron chi connectivity index (χ3n) is 5.29. The summed E-state index contributed by atoms with van der Waals surface area (Å²) in [5, 5.41) is -0.0576. The van der Waals surface area contributed by atoms with Crippen molar-refractivity contribution in [1.82, 2.24) is 4.57 Å². The predicted octanol–water partition coefficient (Wildman–Crippen LogP) is 4.40. The molecule has 10 heteroatoms. The first kappa shape index (κ1) is 21.5. The van der Waals surface area contributed by atoms with Gasteiger partial charge in [0.05, 0.1) is 17.3 Å². The summed E-state index contributed by atoms with van der Waals surface area (Å²) in [4.78, 5) is 12.4. The van der Waals surface area contributed by atoms with E-state index in [9.17, 15) is 26.4 Å². The molecule has 0 amide bonds. The first-order valence-electron chi connectivity index (χ1n) is 9.71. The van der Waals surface area contributed by atoms with Gasteiger partial charge >= 0.3 is 6.18 Å². The number of nitrogens with zero attached hydrogens (tertiary/aromatic N) is 1. The summed E-state index contributed by atoms with van der Waals surface area (Å²) >= 11 is 0. The Bertz CT molecular complexity index is 1320. The van der Waals surface area contributed by atoms with Gasteiger partial charge in [0.2, 0.25) is 11.3 Å². The van der Waals surface area contributed by atoms with E-state index in [-0.39, 0.29) is 27.2 Å². The summed E-state index contributed by atoms with van der Waals surface area (Å²) < 4.78 is 76.4. The average Bonchev–Trinajstić information content (AvgIpc) is 3.43. The molecule has 0 atom stereocenters. The maximum Gasteiger partial charge on any atom is 0.449 e. The van der Waals surface area contributed by atoms with E-state index in [1.165, 1.54) is 38.4 Å². The molecule has 0 spiro atoms. The maximum absolute atomic E-state index is 13.2. The average molecular weight is 455 g/mol. The summed E-state index contributed by atoms with van der Waals surface area (Å²) in [6, 6.07) is 5.06. The van der Waals surface area contributed by atoms with Gasteiger partial charge in [0.15, 0.2) is 9.84 Å². The van der Waals surface area contributed by atoms with Crippen molar-refractivity contribution >= 4 is 20.8 Å². The van der Waals surface area contributed by atoms with Crippen molar-refractivity contribution in [3.63, 3.8) is 0 Å². The normalized spacial score (nSPS) is 14.9. The molecule has 0 saturated heterocycles. The topological polar surface area (TPSA) is 78.5 Å². The van der Waals surface area contributed by atoms with Gasteiger partial charge in [-0.25, -0.2) is 8.42 Å². The number of benzene rings is 1. The molecule has 3 aromatic rings. The molecule has 1 saturated carbocycles. The maximum atomic E-state index is 13.2. The largest absolute Gasteiger partial charge is 0.493 e. The number of furan rings is 1. The van der Waals surface area contributed by atoms with Gasteiger partial charge in [-0.15, -0.1) is 0 Å². The van der Waals surface area contributed by atoms with Crippen LogP contribution in [0.15, 0.2) is 44.6 Å². The van der Waals surface area contributed by atoms with Crippen LogP contribution in [0.4, 0.5) is 13.2 Å². The lowest BCUT2D eigenvalue weighted by Crippen LogP contribution is -2.16. The number of fused-ring (bicyclic) bond motifs is 1. The molecule has 0 bridgehead atoms. The van der Waals surface area contributed by atoms with E-state index in [0.29, 0.717) is 18.3 Å². The fourth-order valence-electron chi connectivity index (χ4n) is 3.28. The molecule has 0 unspecified atom stereocenters. The van der Waals surface area contributed by atoms with Gasteiger partial charge in [0, 0.05) is 29.8 Å². The molecular formula is C21H20F3NO5S. The molecule has 2 heterocycles.